The highest BCUT2D eigenvalue weighted by Crippen LogP contribution is 2.39. The molecule has 0 unspecified atom stereocenters. The van der Waals surface area contributed by atoms with Crippen LogP contribution in [-0.2, 0) is 38.0 Å². The first-order chi connectivity index (χ1) is 29.7. The van der Waals surface area contributed by atoms with Crippen molar-refractivity contribution in [1.29, 1.82) is 0 Å². The summed E-state index contributed by atoms with van der Waals surface area (Å²) in [6.45, 7) is -1.18. The zero-order chi connectivity index (χ0) is 44.7. The van der Waals surface area contributed by atoms with Gasteiger partial charge in [-0.25, -0.2) is 14.4 Å². The van der Waals surface area contributed by atoms with Crippen LogP contribution in [0.1, 0.15) is 33.2 Å². The van der Waals surface area contributed by atoms with Gasteiger partial charge >= 0.3 is 17.9 Å². The van der Waals surface area contributed by atoms with Crippen molar-refractivity contribution < 1.29 is 97.9 Å². The van der Waals surface area contributed by atoms with Gasteiger partial charge in [-0.1, -0.05) is 42.5 Å². The first-order valence-corrected chi connectivity index (χ1v) is 19.4. The average molecular weight is 873 g/mol. The number of benzene rings is 3. The van der Waals surface area contributed by atoms with Crippen molar-refractivity contribution >= 4 is 24.0 Å². The molecule has 20 nitrogen and oxygen atoms in total. The SMILES string of the molecule is COc1cc(/C=C/C(=O)O[C@H]2[C@H](O)[C@@H](O)[C@@H](O[C@]3(CO)O[C@H](CO)[C@@H](O)[C@@H]3OC(=O)c3ccccc3)O[C@@H]2COC(=O)c2ccccc2)ccc1O[C@@H]1O[C@@H](C)[C@@H](O)[C@@H](O)[C@H]1O. The number of carbonyl (C=O) groups excluding carboxylic acids is 3. The number of hydrogen-bond donors (Lipinski definition) is 8. The number of carbonyl (C=O) groups is 3. The van der Waals surface area contributed by atoms with Gasteiger partial charge in [0, 0.05) is 6.08 Å². The molecule has 3 aromatic carbocycles. The van der Waals surface area contributed by atoms with E-state index in [2.05, 4.69) is 0 Å². The zero-order valence-electron chi connectivity index (χ0n) is 33.3. The molecular weight excluding hydrogens is 824 g/mol. The van der Waals surface area contributed by atoms with Crippen molar-refractivity contribution in [3.05, 3.63) is 102 Å². The van der Waals surface area contributed by atoms with Crippen molar-refractivity contribution in [3.8, 4) is 11.5 Å². The highest BCUT2D eigenvalue weighted by Gasteiger charge is 2.61. The zero-order valence-corrected chi connectivity index (χ0v) is 33.3. The molecule has 3 aromatic rings. The Hall–Kier alpha value is -5.07. The Morgan fingerprint density at radius 1 is 0.710 bits per heavy atom. The van der Waals surface area contributed by atoms with Crippen molar-refractivity contribution in [3.63, 3.8) is 0 Å². The molecule has 0 aromatic heterocycles. The fraction of sp³-hybridized carbons (Fsp3) is 0.452. The van der Waals surface area contributed by atoms with Gasteiger partial charge in [-0.2, -0.15) is 0 Å². The van der Waals surface area contributed by atoms with E-state index in [0.29, 0.717) is 5.56 Å². The Labute approximate surface area is 353 Å². The Morgan fingerprint density at radius 3 is 1.98 bits per heavy atom. The molecule has 0 amide bonds. The van der Waals surface area contributed by atoms with Crippen LogP contribution in [0.3, 0.4) is 0 Å². The Morgan fingerprint density at radius 2 is 1.35 bits per heavy atom. The molecule has 0 saturated carbocycles. The molecule has 6 rings (SSSR count). The topological polar surface area (TPSA) is 296 Å². The second-order valence-electron chi connectivity index (χ2n) is 14.5. The molecule has 3 aliphatic heterocycles. The van der Waals surface area contributed by atoms with Crippen LogP contribution in [0.15, 0.2) is 84.9 Å². The maximum Gasteiger partial charge on any atom is 0.338 e. The third-order valence-corrected chi connectivity index (χ3v) is 10.4. The predicted molar refractivity (Wildman–Crippen MR) is 207 cm³/mol. The van der Waals surface area contributed by atoms with E-state index in [9.17, 15) is 55.2 Å². The standard InChI is InChI=1S/C42H48O20/c1-21-30(46)32(48)34(50)40(56-21)57-25-15-13-22(17-26(25)54-2)14-16-29(45)59-36-28(19-55-38(52)23-9-5-3-6-10-23)58-41(35(51)33(36)49)62-42(20-44)37(31(47)27(18-43)61-42)60-39(53)24-11-7-4-8-12-24/h3-17,21,27-28,30-37,40-41,43-44,46-51H,18-20H2,1-2H3/b16-14+/t21-,27+,28+,30+,31+,32+,33+,34+,35+,36+,37-,40-,41+,42-/m0/s1. The third kappa shape index (κ3) is 10.2. The van der Waals surface area contributed by atoms with E-state index in [-0.39, 0.29) is 22.6 Å². The summed E-state index contributed by atoms with van der Waals surface area (Å²) < 4.78 is 50.6. The molecule has 14 atom stereocenters. The molecule has 3 heterocycles. The summed E-state index contributed by atoms with van der Waals surface area (Å²) in [5, 5.41) is 84.8. The molecule has 3 saturated heterocycles. The molecule has 0 bridgehead atoms. The van der Waals surface area contributed by atoms with E-state index >= 15 is 0 Å². The van der Waals surface area contributed by atoms with Crippen molar-refractivity contribution in [2.75, 3.05) is 26.9 Å². The first kappa shape index (κ1) is 46.4. The van der Waals surface area contributed by atoms with Gasteiger partial charge in [0.2, 0.25) is 12.1 Å². The molecule has 0 radical (unpaired) electrons. The summed E-state index contributed by atoms with van der Waals surface area (Å²) >= 11 is 0. The van der Waals surface area contributed by atoms with E-state index in [1.165, 1.54) is 62.6 Å². The van der Waals surface area contributed by atoms with Gasteiger partial charge in [-0.3, -0.25) is 0 Å². The molecule has 20 heteroatoms. The van der Waals surface area contributed by atoms with E-state index in [0.717, 1.165) is 6.08 Å². The number of esters is 3. The van der Waals surface area contributed by atoms with Gasteiger partial charge in [0.15, 0.2) is 30.0 Å². The highest BCUT2D eigenvalue weighted by atomic mass is 16.8. The number of methoxy groups -OCH3 is 1. The molecule has 3 aliphatic rings. The molecular formula is C42H48O20. The quantitative estimate of drug-likeness (QED) is 0.0506. The summed E-state index contributed by atoms with van der Waals surface area (Å²) in [6, 6.07) is 19.7. The monoisotopic (exact) mass is 872 g/mol. The Bertz CT molecular complexity index is 2000. The lowest BCUT2D eigenvalue weighted by Crippen LogP contribution is -2.64. The minimum atomic E-state index is -2.51. The Kier molecular flexibility index (Phi) is 15.3. The lowest BCUT2D eigenvalue weighted by molar-refractivity contribution is -0.383. The van der Waals surface area contributed by atoms with E-state index in [1.54, 1.807) is 36.4 Å². The van der Waals surface area contributed by atoms with Crippen LogP contribution in [0.5, 0.6) is 11.5 Å². The summed E-state index contributed by atoms with van der Waals surface area (Å²) in [5.74, 6) is -5.18. The fourth-order valence-electron chi connectivity index (χ4n) is 6.92. The maximum absolute atomic E-state index is 13.3. The number of rotatable bonds is 15. The van der Waals surface area contributed by atoms with Gasteiger partial charge in [0.1, 0.15) is 62.0 Å². The second kappa shape index (κ2) is 20.4. The van der Waals surface area contributed by atoms with Crippen LogP contribution in [0.2, 0.25) is 0 Å². The van der Waals surface area contributed by atoms with Gasteiger partial charge in [0.05, 0.1) is 30.9 Å². The number of aliphatic hydroxyl groups excluding tert-OH is 8. The van der Waals surface area contributed by atoms with Crippen molar-refractivity contribution in [2.24, 2.45) is 0 Å². The van der Waals surface area contributed by atoms with E-state index in [1.807, 2.05) is 0 Å². The highest BCUT2D eigenvalue weighted by molar-refractivity contribution is 5.90. The average Bonchev–Trinajstić information content (AvgIpc) is 3.55. The summed E-state index contributed by atoms with van der Waals surface area (Å²) in [5.41, 5.74) is 0.551. The lowest BCUT2D eigenvalue weighted by Gasteiger charge is -2.44. The van der Waals surface area contributed by atoms with Crippen LogP contribution < -0.4 is 9.47 Å². The molecule has 0 aliphatic carbocycles. The van der Waals surface area contributed by atoms with Crippen molar-refractivity contribution in [2.45, 2.75) is 92.4 Å². The largest absolute Gasteiger partial charge is 0.493 e. The first-order valence-electron chi connectivity index (χ1n) is 19.4. The predicted octanol–water partition coefficient (Wildman–Crippen LogP) is -1.19. The molecule has 336 valence electrons. The third-order valence-electron chi connectivity index (χ3n) is 10.4. The number of hydrogen-bond acceptors (Lipinski definition) is 20. The van der Waals surface area contributed by atoms with Gasteiger partial charge in [0.25, 0.3) is 0 Å². The number of ether oxygens (including phenoxy) is 9. The minimum absolute atomic E-state index is 0.0523. The van der Waals surface area contributed by atoms with Crippen LogP contribution in [0.4, 0.5) is 0 Å². The van der Waals surface area contributed by atoms with Crippen LogP contribution in [-0.4, -0.2) is 171 Å². The summed E-state index contributed by atoms with van der Waals surface area (Å²) in [7, 11) is 1.33. The van der Waals surface area contributed by atoms with Gasteiger partial charge in [-0.15, -0.1) is 0 Å². The lowest BCUT2D eigenvalue weighted by atomic mass is 9.98. The van der Waals surface area contributed by atoms with Gasteiger partial charge in [-0.05, 0) is 55.0 Å². The smallest absolute Gasteiger partial charge is 0.338 e. The van der Waals surface area contributed by atoms with Crippen molar-refractivity contribution in [1.82, 2.24) is 0 Å². The fourth-order valence-corrected chi connectivity index (χ4v) is 6.92. The minimum Gasteiger partial charge on any atom is -0.493 e. The van der Waals surface area contributed by atoms with E-state index in [4.69, 9.17) is 42.6 Å². The van der Waals surface area contributed by atoms with Gasteiger partial charge < -0.3 is 83.5 Å². The van der Waals surface area contributed by atoms with Crippen LogP contribution in [0.25, 0.3) is 6.08 Å². The molecule has 8 N–H and O–H groups in total. The van der Waals surface area contributed by atoms with Crippen LogP contribution >= 0.6 is 0 Å². The molecule has 62 heavy (non-hydrogen) atoms. The normalized spacial score (nSPS) is 33.4. The summed E-state index contributed by atoms with van der Waals surface area (Å²) in [4.78, 5) is 39.3. The maximum atomic E-state index is 13.3. The summed E-state index contributed by atoms with van der Waals surface area (Å²) in [6.07, 6.45) is -19.0. The van der Waals surface area contributed by atoms with Crippen LogP contribution in [0, 0.1) is 0 Å². The molecule has 0 spiro atoms. The van der Waals surface area contributed by atoms with E-state index < -0.39 is 123 Å². The molecule has 3 fully saturated rings. The number of aliphatic hydroxyl groups is 8. The Balaban J connectivity index is 1.19. The second-order valence-corrected chi connectivity index (χ2v) is 14.5.